The molecule has 2 saturated carbocycles. The van der Waals surface area contributed by atoms with Gasteiger partial charge in [0.15, 0.2) is 0 Å². The van der Waals surface area contributed by atoms with Gasteiger partial charge in [0, 0.05) is 17.2 Å². The fraction of sp³-hybridized carbons (Fsp3) is 0.348. The fourth-order valence-corrected chi connectivity index (χ4v) is 5.83. The largest absolute Gasteiger partial charge is 0.455 e. The van der Waals surface area contributed by atoms with E-state index < -0.39 is 4.92 Å². The van der Waals surface area contributed by atoms with Gasteiger partial charge in [-0.05, 0) is 49.1 Å². The molecule has 0 radical (unpaired) electrons. The van der Waals surface area contributed by atoms with Crippen LogP contribution in [-0.4, -0.2) is 28.0 Å². The van der Waals surface area contributed by atoms with E-state index in [0.29, 0.717) is 22.6 Å². The Kier molecular flexibility index (Phi) is 3.53. The molecule has 156 valence electrons. The maximum atomic E-state index is 12.9. The Balaban J connectivity index is 1.23. The summed E-state index contributed by atoms with van der Waals surface area (Å²) in [6, 6.07) is 8.20. The Hall–Kier alpha value is -3.55. The number of amides is 2. The summed E-state index contributed by atoms with van der Waals surface area (Å²) in [6.45, 7) is 1.67. The summed E-state index contributed by atoms with van der Waals surface area (Å²) < 4.78 is 5.73. The maximum Gasteiger partial charge on any atom is 0.273 e. The van der Waals surface area contributed by atoms with Crippen molar-refractivity contribution in [2.45, 2.75) is 19.8 Å². The van der Waals surface area contributed by atoms with Crippen LogP contribution >= 0.6 is 0 Å². The second kappa shape index (κ2) is 6.00. The normalized spacial score (nSPS) is 29.5. The summed E-state index contributed by atoms with van der Waals surface area (Å²) in [4.78, 5) is 36.6. The van der Waals surface area contributed by atoms with Crippen LogP contribution in [0.15, 0.2) is 52.0 Å². The van der Waals surface area contributed by atoms with Crippen LogP contribution in [-0.2, 0) is 9.59 Å². The van der Waals surface area contributed by atoms with E-state index in [4.69, 9.17) is 4.42 Å². The smallest absolute Gasteiger partial charge is 0.273 e. The van der Waals surface area contributed by atoms with Crippen LogP contribution in [0.1, 0.15) is 24.2 Å². The summed E-state index contributed by atoms with van der Waals surface area (Å²) in [5.41, 5.74) is 1.30. The number of aryl methyl sites for hydroxylation is 1. The van der Waals surface area contributed by atoms with Gasteiger partial charge < -0.3 is 4.42 Å². The molecule has 1 spiro atoms. The van der Waals surface area contributed by atoms with Crippen molar-refractivity contribution in [2.75, 3.05) is 0 Å². The Labute approximate surface area is 177 Å². The number of benzene rings is 1. The number of imide groups is 1. The number of hydrogen-bond acceptors (Lipinski definition) is 6. The van der Waals surface area contributed by atoms with E-state index in [2.05, 4.69) is 17.3 Å². The quantitative estimate of drug-likeness (QED) is 0.248. The predicted molar refractivity (Wildman–Crippen MR) is 110 cm³/mol. The molecule has 2 amide bonds. The van der Waals surface area contributed by atoms with Crippen LogP contribution in [0.3, 0.4) is 0 Å². The lowest BCUT2D eigenvalue weighted by Gasteiger charge is -2.18. The fourth-order valence-electron chi connectivity index (χ4n) is 5.83. The minimum atomic E-state index is -0.431. The molecule has 0 unspecified atom stereocenters. The van der Waals surface area contributed by atoms with Gasteiger partial charge in [-0.15, -0.1) is 0 Å². The number of hydrazone groups is 1. The van der Waals surface area contributed by atoms with Gasteiger partial charge >= 0.3 is 0 Å². The van der Waals surface area contributed by atoms with E-state index in [9.17, 15) is 19.7 Å². The number of carbonyl (C=O) groups is 2. The van der Waals surface area contributed by atoms with Crippen molar-refractivity contribution in [1.29, 1.82) is 0 Å². The van der Waals surface area contributed by atoms with E-state index in [1.54, 1.807) is 31.2 Å². The second-order valence-electron chi connectivity index (χ2n) is 8.91. The lowest BCUT2D eigenvalue weighted by Crippen LogP contribution is -2.30. The first-order chi connectivity index (χ1) is 14.9. The Morgan fingerprint density at radius 1 is 1.13 bits per heavy atom. The number of hydrogen-bond donors (Lipinski definition) is 0. The molecule has 6 rings (SSSR count). The minimum Gasteiger partial charge on any atom is -0.455 e. The van der Waals surface area contributed by atoms with Crippen molar-refractivity contribution in [3.05, 3.63) is 63.9 Å². The highest BCUT2D eigenvalue weighted by Gasteiger charge is 2.73. The van der Waals surface area contributed by atoms with Crippen LogP contribution in [0, 0.1) is 46.1 Å². The van der Waals surface area contributed by atoms with E-state index in [1.165, 1.54) is 12.3 Å². The number of fused-ring (bicyclic) bond motifs is 3. The lowest BCUT2D eigenvalue weighted by atomic mass is 9.85. The van der Waals surface area contributed by atoms with Gasteiger partial charge in [0.25, 0.3) is 17.5 Å². The molecule has 4 aliphatic rings. The lowest BCUT2D eigenvalue weighted by molar-refractivity contribution is -0.385. The molecule has 2 aromatic rings. The first-order valence-corrected chi connectivity index (χ1v) is 10.4. The molecule has 2 bridgehead atoms. The highest BCUT2D eigenvalue weighted by Crippen LogP contribution is 2.73. The first kappa shape index (κ1) is 18.2. The van der Waals surface area contributed by atoms with Crippen molar-refractivity contribution < 1.29 is 18.9 Å². The van der Waals surface area contributed by atoms with Crippen molar-refractivity contribution >= 4 is 23.7 Å². The molecule has 1 aromatic heterocycles. The summed E-state index contributed by atoms with van der Waals surface area (Å²) >= 11 is 0. The van der Waals surface area contributed by atoms with Crippen LogP contribution < -0.4 is 0 Å². The van der Waals surface area contributed by atoms with Crippen LogP contribution in [0.2, 0.25) is 0 Å². The van der Waals surface area contributed by atoms with Gasteiger partial charge in [-0.1, -0.05) is 24.3 Å². The summed E-state index contributed by atoms with van der Waals surface area (Å²) in [5, 5.41) is 16.3. The van der Waals surface area contributed by atoms with Crippen molar-refractivity contribution in [2.24, 2.45) is 34.2 Å². The molecular weight excluding hydrogens is 398 g/mol. The van der Waals surface area contributed by atoms with Gasteiger partial charge in [0.05, 0.1) is 23.0 Å². The molecule has 1 aliphatic heterocycles. The number of nitro benzene ring substituents is 1. The molecule has 8 heteroatoms. The number of furan rings is 1. The van der Waals surface area contributed by atoms with E-state index >= 15 is 0 Å². The Morgan fingerprint density at radius 2 is 1.81 bits per heavy atom. The number of rotatable bonds is 4. The zero-order valence-electron chi connectivity index (χ0n) is 16.7. The SMILES string of the molecule is Cc1ccc(-c2ccc(/C=N\N3C(=O)[C@@H]4[C@@H](C3=O)[C@H]3C=C[C@H]4C34CC4)o2)cc1[N+](=O)[O-]. The molecular formula is C23H19N3O5. The Bertz CT molecular complexity index is 1190. The average molecular weight is 417 g/mol. The minimum absolute atomic E-state index is 0.0144. The maximum absolute atomic E-state index is 12.9. The zero-order valence-corrected chi connectivity index (χ0v) is 16.7. The second-order valence-corrected chi connectivity index (χ2v) is 8.91. The van der Waals surface area contributed by atoms with Crippen LogP contribution in [0.5, 0.6) is 0 Å². The molecule has 1 aromatic carbocycles. The van der Waals surface area contributed by atoms with Crippen LogP contribution in [0.25, 0.3) is 11.3 Å². The molecule has 3 fully saturated rings. The van der Waals surface area contributed by atoms with Crippen molar-refractivity contribution in [3.8, 4) is 11.3 Å². The van der Waals surface area contributed by atoms with Gasteiger partial charge in [-0.3, -0.25) is 19.7 Å². The van der Waals surface area contributed by atoms with Gasteiger partial charge in [-0.25, -0.2) is 0 Å². The predicted octanol–water partition coefficient (Wildman–Crippen LogP) is 3.69. The number of allylic oxidation sites excluding steroid dienone is 2. The summed E-state index contributed by atoms with van der Waals surface area (Å²) in [6.07, 6.45) is 7.79. The molecule has 31 heavy (non-hydrogen) atoms. The zero-order chi connectivity index (χ0) is 21.5. The number of nitrogens with zero attached hydrogens (tertiary/aromatic N) is 3. The summed E-state index contributed by atoms with van der Waals surface area (Å²) in [7, 11) is 0. The highest BCUT2D eigenvalue weighted by atomic mass is 16.6. The standard InChI is InChI=1S/C23H19N3O5/c1-12-2-3-13(10-17(12)26(29)30)18-7-4-14(31-18)11-24-25-21(27)19-15-5-6-16(20(19)22(25)28)23(15)8-9-23/h2-7,10-11,15-16,19-20H,8-9H2,1H3/b24-11-/t15-,16-,19+,20+/m1/s1. The van der Waals surface area contributed by atoms with Gasteiger partial charge in [0.2, 0.25) is 0 Å². The van der Waals surface area contributed by atoms with E-state index in [1.807, 2.05) is 0 Å². The molecule has 1 saturated heterocycles. The number of nitro groups is 1. The van der Waals surface area contributed by atoms with Crippen molar-refractivity contribution in [3.63, 3.8) is 0 Å². The third kappa shape index (κ3) is 2.38. The third-order valence-corrected chi connectivity index (χ3v) is 7.45. The average Bonchev–Trinajstić information content (AvgIpc) is 3.03. The number of carbonyl (C=O) groups excluding carboxylic acids is 2. The molecule has 0 N–H and O–H groups in total. The van der Waals surface area contributed by atoms with Gasteiger partial charge in [0.1, 0.15) is 11.5 Å². The molecule has 4 atom stereocenters. The van der Waals surface area contributed by atoms with E-state index in [0.717, 1.165) is 17.9 Å². The monoisotopic (exact) mass is 417 g/mol. The molecule has 3 aliphatic carbocycles. The molecule has 8 nitrogen and oxygen atoms in total. The van der Waals surface area contributed by atoms with E-state index in [-0.39, 0.29) is 46.6 Å². The first-order valence-electron chi connectivity index (χ1n) is 10.4. The third-order valence-electron chi connectivity index (χ3n) is 7.45. The highest BCUT2D eigenvalue weighted by molar-refractivity contribution is 6.07. The molecule has 2 heterocycles. The Morgan fingerprint density at radius 3 is 2.42 bits per heavy atom. The van der Waals surface area contributed by atoms with Crippen LogP contribution in [0.4, 0.5) is 5.69 Å². The summed E-state index contributed by atoms with van der Waals surface area (Å²) in [5.74, 6) is 0.0860. The topological polar surface area (TPSA) is 106 Å². The van der Waals surface area contributed by atoms with Crippen molar-refractivity contribution in [1.82, 2.24) is 5.01 Å². The van der Waals surface area contributed by atoms with Gasteiger partial charge in [-0.2, -0.15) is 10.1 Å².